The minimum absolute atomic E-state index is 0.865. The molecule has 4 heteroatoms. The first-order valence-corrected chi connectivity index (χ1v) is 10.9. The quantitative estimate of drug-likeness (QED) is 0.191. The summed E-state index contributed by atoms with van der Waals surface area (Å²) in [4.78, 5) is 0. The lowest BCUT2D eigenvalue weighted by atomic mass is 9.99. The summed E-state index contributed by atoms with van der Waals surface area (Å²) in [6.07, 6.45) is 0. The monoisotopic (exact) mass is 497 g/mol. The van der Waals surface area contributed by atoms with E-state index in [-0.39, 0.29) is 0 Å². The van der Waals surface area contributed by atoms with Gasteiger partial charge in [0.15, 0.2) is 11.5 Å². The van der Waals surface area contributed by atoms with E-state index < -0.39 is 0 Å². The average Bonchev–Trinajstić information content (AvgIpc) is 3.26. The molecule has 142 valence electrons. The van der Waals surface area contributed by atoms with Crippen LogP contribution >= 0.6 is 22.6 Å². The molecule has 0 N–H and O–H groups in total. The van der Waals surface area contributed by atoms with Gasteiger partial charge in [-0.3, -0.25) is 4.40 Å². The molecule has 0 aliphatic carbocycles. The Hall–Kier alpha value is -3.25. The minimum atomic E-state index is 0.865. The lowest BCUT2D eigenvalue weighted by Gasteiger charge is -2.11. The van der Waals surface area contributed by atoms with Crippen molar-refractivity contribution in [3.8, 4) is 22.5 Å². The van der Waals surface area contributed by atoms with Gasteiger partial charge in [0.25, 0.3) is 0 Å². The normalized spacial score (nSPS) is 11.5. The standard InChI is InChI=1S/C26H16IN3/c27-20-13-10-18(11-14-20)25-28-29-26-22-9-5-4-8-21(22)23-16-19(12-15-24(23)30(25)26)17-6-2-1-3-7-17/h1-16H. The van der Waals surface area contributed by atoms with Crippen LogP contribution in [0.25, 0.3) is 49.8 Å². The molecule has 2 aromatic heterocycles. The molecule has 2 heterocycles. The molecule has 0 saturated heterocycles. The second kappa shape index (κ2) is 6.92. The van der Waals surface area contributed by atoms with Crippen molar-refractivity contribution >= 4 is 49.9 Å². The fraction of sp³-hybridized carbons (Fsp3) is 0. The Bertz CT molecular complexity index is 1530. The summed E-state index contributed by atoms with van der Waals surface area (Å²) in [7, 11) is 0. The molecular weight excluding hydrogens is 481 g/mol. The van der Waals surface area contributed by atoms with E-state index in [9.17, 15) is 0 Å². The Morgan fingerprint density at radius 3 is 2.07 bits per heavy atom. The van der Waals surface area contributed by atoms with Crippen molar-refractivity contribution in [1.82, 2.24) is 14.6 Å². The van der Waals surface area contributed by atoms with E-state index in [0.717, 1.165) is 27.9 Å². The lowest BCUT2D eigenvalue weighted by molar-refractivity contribution is 1.12. The van der Waals surface area contributed by atoms with E-state index in [4.69, 9.17) is 0 Å². The van der Waals surface area contributed by atoms with Gasteiger partial charge in [0, 0.05) is 19.9 Å². The molecule has 0 spiro atoms. The van der Waals surface area contributed by atoms with Crippen LogP contribution in [0.2, 0.25) is 0 Å². The minimum Gasteiger partial charge on any atom is -0.274 e. The Morgan fingerprint density at radius 1 is 0.567 bits per heavy atom. The van der Waals surface area contributed by atoms with Crippen LogP contribution in [0.1, 0.15) is 0 Å². The Labute approximate surface area is 187 Å². The smallest absolute Gasteiger partial charge is 0.169 e. The molecule has 0 unspecified atom stereocenters. The zero-order valence-corrected chi connectivity index (χ0v) is 18.1. The average molecular weight is 497 g/mol. The van der Waals surface area contributed by atoms with E-state index in [1.165, 1.54) is 25.5 Å². The SMILES string of the molecule is Ic1ccc(-c2nnc3c4ccccc4c4cc(-c5ccccc5)ccc4n23)cc1. The fourth-order valence-corrected chi connectivity index (χ4v) is 4.50. The zero-order valence-electron chi connectivity index (χ0n) is 16.0. The molecule has 0 atom stereocenters. The number of hydrogen-bond donors (Lipinski definition) is 0. The second-order valence-electron chi connectivity index (χ2n) is 7.33. The van der Waals surface area contributed by atoms with E-state index in [1.807, 2.05) is 6.07 Å². The number of aromatic nitrogens is 3. The molecule has 6 rings (SSSR count). The predicted octanol–water partition coefficient (Wildman–Crippen LogP) is 6.97. The van der Waals surface area contributed by atoms with Crippen molar-refractivity contribution in [2.24, 2.45) is 0 Å². The number of nitrogens with zero attached hydrogens (tertiary/aromatic N) is 3. The molecule has 6 aromatic rings. The van der Waals surface area contributed by atoms with Crippen LogP contribution in [0.5, 0.6) is 0 Å². The molecule has 0 bridgehead atoms. The molecule has 0 aliphatic rings. The Morgan fingerprint density at radius 2 is 1.27 bits per heavy atom. The highest BCUT2D eigenvalue weighted by molar-refractivity contribution is 14.1. The van der Waals surface area contributed by atoms with Crippen molar-refractivity contribution in [2.45, 2.75) is 0 Å². The van der Waals surface area contributed by atoms with Crippen molar-refractivity contribution in [3.63, 3.8) is 0 Å². The molecule has 3 nitrogen and oxygen atoms in total. The topological polar surface area (TPSA) is 30.2 Å². The summed E-state index contributed by atoms with van der Waals surface area (Å²) in [5.74, 6) is 0.865. The van der Waals surface area contributed by atoms with E-state index in [0.29, 0.717) is 0 Å². The highest BCUT2D eigenvalue weighted by atomic mass is 127. The largest absolute Gasteiger partial charge is 0.274 e. The first-order valence-electron chi connectivity index (χ1n) is 9.80. The number of fused-ring (bicyclic) bond motifs is 6. The van der Waals surface area contributed by atoms with E-state index in [2.05, 4.69) is 128 Å². The van der Waals surface area contributed by atoms with Gasteiger partial charge in [-0.1, -0.05) is 72.8 Å². The van der Waals surface area contributed by atoms with E-state index >= 15 is 0 Å². The van der Waals surface area contributed by atoms with Crippen LogP contribution in [0, 0.1) is 3.57 Å². The van der Waals surface area contributed by atoms with Crippen molar-refractivity contribution in [1.29, 1.82) is 0 Å². The maximum atomic E-state index is 4.59. The van der Waals surface area contributed by atoms with Crippen LogP contribution < -0.4 is 0 Å². The summed E-state index contributed by atoms with van der Waals surface area (Å²) in [5, 5.41) is 12.7. The molecular formula is C26H16IN3. The number of pyridine rings is 1. The summed E-state index contributed by atoms with van der Waals surface area (Å²) in [6.45, 7) is 0. The molecule has 30 heavy (non-hydrogen) atoms. The fourth-order valence-electron chi connectivity index (χ4n) is 4.14. The third-order valence-corrected chi connectivity index (χ3v) is 6.29. The zero-order chi connectivity index (χ0) is 20.1. The number of hydrogen-bond acceptors (Lipinski definition) is 2. The van der Waals surface area contributed by atoms with Crippen molar-refractivity contribution < 1.29 is 0 Å². The van der Waals surface area contributed by atoms with Crippen LogP contribution in [0.3, 0.4) is 0 Å². The second-order valence-corrected chi connectivity index (χ2v) is 8.58. The maximum Gasteiger partial charge on any atom is 0.169 e. The van der Waals surface area contributed by atoms with Gasteiger partial charge in [-0.15, -0.1) is 10.2 Å². The summed E-state index contributed by atoms with van der Waals surface area (Å²) >= 11 is 2.32. The van der Waals surface area contributed by atoms with Crippen LogP contribution in [0.4, 0.5) is 0 Å². The summed E-state index contributed by atoms with van der Waals surface area (Å²) < 4.78 is 3.39. The molecule has 0 amide bonds. The van der Waals surface area contributed by atoms with Gasteiger partial charge in [-0.25, -0.2) is 0 Å². The maximum absolute atomic E-state index is 4.59. The van der Waals surface area contributed by atoms with Gasteiger partial charge in [0.2, 0.25) is 0 Å². The van der Waals surface area contributed by atoms with Crippen LogP contribution in [0.15, 0.2) is 97.1 Å². The number of rotatable bonds is 2. The van der Waals surface area contributed by atoms with Gasteiger partial charge in [0.05, 0.1) is 5.52 Å². The van der Waals surface area contributed by atoms with Gasteiger partial charge in [0.1, 0.15) is 0 Å². The van der Waals surface area contributed by atoms with Crippen molar-refractivity contribution in [2.75, 3.05) is 0 Å². The summed E-state index contributed by atoms with van der Waals surface area (Å²) in [5.41, 5.74) is 5.48. The highest BCUT2D eigenvalue weighted by Crippen LogP contribution is 2.34. The molecule has 0 aliphatic heterocycles. The van der Waals surface area contributed by atoms with Crippen LogP contribution in [-0.2, 0) is 0 Å². The highest BCUT2D eigenvalue weighted by Gasteiger charge is 2.16. The summed E-state index contributed by atoms with van der Waals surface area (Å²) in [6, 6.07) is 34.0. The third kappa shape index (κ3) is 2.71. The first kappa shape index (κ1) is 17.6. The Kier molecular flexibility index (Phi) is 4.06. The van der Waals surface area contributed by atoms with Gasteiger partial charge < -0.3 is 0 Å². The van der Waals surface area contributed by atoms with Gasteiger partial charge in [-0.2, -0.15) is 0 Å². The number of halogens is 1. The molecule has 4 aromatic carbocycles. The molecule has 0 fully saturated rings. The van der Waals surface area contributed by atoms with Crippen LogP contribution in [-0.4, -0.2) is 14.6 Å². The predicted molar refractivity (Wildman–Crippen MR) is 132 cm³/mol. The Balaban J connectivity index is 1.74. The number of benzene rings is 4. The first-order chi connectivity index (χ1) is 14.8. The van der Waals surface area contributed by atoms with Gasteiger partial charge in [-0.05, 0) is 63.4 Å². The lowest BCUT2D eigenvalue weighted by Crippen LogP contribution is -1.95. The van der Waals surface area contributed by atoms with E-state index in [1.54, 1.807) is 0 Å². The molecule has 0 saturated carbocycles. The van der Waals surface area contributed by atoms with Crippen molar-refractivity contribution in [3.05, 3.63) is 101 Å². The molecule has 0 radical (unpaired) electrons. The van der Waals surface area contributed by atoms with Gasteiger partial charge >= 0.3 is 0 Å². The third-order valence-electron chi connectivity index (χ3n) is 5.57.